The lowest BCUT2D eigenvalue weighted by Gasteiger charge is -2.27. The third kappa shape index (κ3) is 6.14. The largest absolute Gasteiger partial charge is 0.503 e. The molecule has 0 fully saturated rings. The van der Waals surface area contributed by atoms with Crippen molar-refractivity contribution < 1.29 is 24.2 Å². The summed E-state index contributed by atoms with van der Waals surface area (Å²) in [7, 11) is 1.56. The molecule has 0 spiro atoms. The van der Waals surface area contributed by atoms with E-state index >= 15 is 0 Å². The molecular weight excluding hydrogens is 478 g/mol. The number of nitrogens with zero attached hydrogens (tertiary/aromatic N) is 1. The molecule has 1 N–H and O–H groups in total. The van der Waals surface area contributed by atoms with Crippen LogP contribution >= 0.6 is 0 Å². The molecule has 196 valence electrons. The molecule has 38 heavy (non-hydrogen) atoms. The average Bonchev–Trinajstić information content (AvgIpc) is 3.20. The topological polar surface area (TPSA) is 76.1 Å². The van der Waals surface area contributed by atoms with Crippen molar-refractivity contribution in [3.8, 4) is 11.5 Å². The molecule has 6 heteroatoms. The maximum absolute atomic E-state index is 13.4. The second-order valence-corrected chi connectivity index (χ2v) is 9.16. The van der Waals surface area contributed by atoms with Crippen LogP contribution in [0.2, 0.25) is 0 Å². The molecule has 1 aliphatic rings. The second kappa shape index (κ2) is 12.8. The molecule has 0 aromatic heterocycles. The predicted octanol–water partition coefficient (Wildman–Crippen LogP) is 6.44. The number of ketones is 1. The highest BCUT2D eigenvalue weighted by molar-refractivity contribution is 6.14. The van der Waals surface area contributed by atoms with Gasteiger partial charge in [-0.15, -0.1) is 0 Å². The molecule has 0 saturated carbocycles. The number of hydrogen-bond acceptors (Lipinski definition) is 5. The van der Waals surface area contributed by atoms with Gasteiger partial charge < -0.3 is 19.5 Å². The first-order chi connectivity index (χ1) is 18.5. The van der Waals surface area contributed by atoms with Gasteiger partial charge in [0.2, 0.25) is 0 Å². The van der Waals surface area contributed by atoms with Crippen LogP contribution in [0.3, 0.4) is 0 Å². The Balaban J connectivity index is 1.70. The Hall–Kier alpha value is -4.32. The molecule has 1 unspecified atom stereocenters. The lowest BCUT2D eigenvalue weighted by Crippen LogP contribution is -2.30. The fourth-order valence-electron chi connectivity index (χ4n) is 4.53. The number of allylic oxidation sites excluding steroid dienone is 1. The van der Waals surface area contributed by atoms with Crippen LogP contribution in [-0.2, 0) is 16.1 Å². The first kappa shape index (κ1) is 26.7. The van der Waals surface area contributed by atoms with Crippen LogP contribution in [0.15, 0.2) is 96.3 Å². The van der Waals surface area contributed by atoms with E-state index in [9.17, 15) is 14.7 Å². The van der Waals surface area contributed by atoms with Crippen LogP contribution in [0.25, 0.3) is 6.08 Å². The Kier molecular flexibility index (Phi) is 8.98. The number of unbranched alkanes of at least 4 members (excludes halogenated alkanes) is 2. The van der Waals surface area contributed by atoms with Crippen molar-refractivity contribution in [3.63, 3.8) is 0 Å². The van der Waals surface area contributed by atoms with Gasteiger partial charge in [-0.1, -0.05) is 92.6 Å². The van der Waals surface area contributed by atoms with Crippen molar-refractivity contribution >= 4 is 17.8 Å². The number of ether oxygens (including phenoxy) is 2. The van der Waals surface area contributed by atoms with E-state index in [4.69, 9.17) is 9.47 Å². The van der Waals surface area contributed by atoms with Crippen LogP contribution in [0, 0.1) is 0 Å². The van der Waals surface area contributed by atoms with Crippen molar-refractivity contribution in [2.75, 3.05) is 13.7 Å². The van der Waals surface area contributed by atoms with E-state index in [2.05, 4.69) is 6.92 Å². The molecule has 0 aliphatic carbocycles. The SMILES string of the molecule is CCCCCOc1ccc(C2C(C(=O)C=Cc3ccccc3)=C(O)C(=O)N2Cc2ccccc2)cc1OC. The van der Waals surface area contributed by atoms with E-state index in [0.717, 1.165) is 30.4 Å². The minimum atomic E-state index is -0.793. The number of methoxy groups -OCH3 is 1. The molecule has 0 bridgehead atoms. The van der Waals surface area contributed by atoms with Gasteiger partial charge in [-0.25, -0.2) is 0 Å². The van der Waals surface area contributed by atoms with E-state index in [-0.39, 0.29) is 12.1 Å². The fraction of sp³-hybridized carbons (Fsp3) is 0.250. The van der Waals surface area contributed by atoms with Gasteiger partial charge in [-0.2, -0.15) is 0 Å². The third-order valence-electron chi connectivity index (χ3n) is 6.50. The number of rotatable bonds is 12. The normalized spacial score (nSPS) is 15.4. The number of benzene rings is 3. The van der Waals surface area contributed by atoms with E-state index in [0.29, 0.717) is 23.7 Å². The Morgan fingerprint density at radius 2 is 1.68 bits per heavy atom. The van der Waals surface area contributed by atoms with E-state index in [1.807, 2.05) is 66.7 Å². The van der Waals surface area contributed by atoms with Crippen LogP contribution in [-0.4, -0.2) is 35.4 Å². The molecule has 1 aliphatic heterocycles. The van der Waals surface area contributed by atoms with Crippen LogP contribution in [0.4, 0.5) is 0 Å². The highest BCUT2D eigenvalue weighted by Gasteiger charge is 2.43. The number of carbonyl (C=O) groups is 2. The van der Waals surface area contributed by atoms with Gasteiger partial charge in [0.15, 0.2) is 23.0 Å². The van der Waals surface area contributed by atoms with Gasteiger partial charge in [0.05, 0.1) is 25.3 Å². The minimum absolute atomic E-state index is 0.0387. The Morgan fingerprint density at radius 3 is 2.37 bits per heavy atom. The quantitative estimate of drug-likeness (QED) is 0.224. The molecule has 0 radical (unpaired) electrons. The van der Waals surface area contributed by atoms with E-state index in [1.54, 1.807) is 25.3 Å². The average molecular weight is 512 g/mol. The van der Waals surface area contributed by atoms with Gasteiger partial charge in [0.25, 0.3) is 5.91 Å². The number of aliphatic hydroxyl groups excluding tert-OH is 1. The second-order valence-electron chi connectivity index (χ2n) is 9.16. The lowest BCUT2D eigenvalue weighted by molar-refractivity contribution is -0.130. The Labute approximate surface area is 223 Å². The number of carbonyl (C=O) groups excluding carboxylic acids is 2. The summed E-state index contributed by atoms with van der Waals surface area (Å²) in [6.45, 7) is 2.93. The molecule has 6 nitrogen and oxygen atoms in total. The van der Waals surface area contributed by atoms with Gasteiger partial charge in [0.1, 0.15) is 0 Å². The first-order valence-electron chi connectivity index (χ1n) is 12.9. The number of hydrogen-bond donors (Lipinski definition) is 1. The maximum Gasteiger partial charge on any atom is 0.290 e. The summed E-state index contributed by atoms with van der Waals surface area (Å²) >= 11 is 0. The highest BCUT2D eigenvalue weighted by atomic mass is 16.5. The maximum atomic E-state index is 13.4. The van der Waals surface area contributed by atoms with Crippen molar-refractivity contribution in [2.24, 2.45) is 0 Å². The van der Waals surface area contributed by atoms with Crippen LogP contribution in [0.5, 0.6) is 11.5 Å². The Bertz CT molecular complexity index is 1310. The van der Waals surface area contributed by atoms with Gasteiger partial charge >= 0.3 is 0 Å². The zero-order chi connectivity index (χ0) is 26.9. The summed E-state index contributed by atoms with van der Waals surface area (Å²) in [6.07, 6.45) is 6.18. The zero-order valence-electron chi connectivity index (χ0n) is 21.8. The van der Waals surface area contributed by atoms with Crippen molar-refractivity contribution in [1.82, 2.24) is 4.90 Å². The molecule has 1 atom stereocenters. The van der Waals surface area contributed by atoms with Crippen molar-refractivity contribution in [2.45, 2.75) is 38.8 Å². The summed E-state index contributed by atoms with van der Waals surface area (Å²) < 4.78 is 11.5. The van der Waals surface area contributed by atoms with Crippen molar-refractivity contribution in [3.05, 3.63) is 113 Å². The smallest absolute Gasteiger partial charge is 0.290 e. The van der Waals surface area contributed by atoms with Crippen molar-refractivity contribution in [1.29, 1.82) is 0 Å². The van der Waals surface area contributed by atoms with E-state index < -0.39 is 23.5 Å². The summed E-state index contributed by atoms with van der Waals surface area (Å²) in [6, 6.07) is 23.5. The van der Waals surface area contributed by atoms with Gasteiger partial charge in [0, 0.05) is 6.54 Å². The molecule has 3 aromatic rings. The molecule has 1 heterocycles. The third-order valence-corrected chi connectivity index (χ3v) is 6.50. The summed E-state index contributed by atoms with van der Waals surface area (Å²) in [5.41, 5.74) is 2.41. The monoisotopic (exact) mass is 511 g/mol. The standard InChI is InChI=1S/C32H33NO5/c1-3-4-11-20-38-27-19-17-25(21-28(27)37-2)30-29(26(34)18-16-23-12-7-5-8-13-23)31(35)32(36)33(30)22-24-14-9-6-10-15-24/h5-10,12-19,21,30,35H,3-4,11,20,22H2,1-2H3. The fourth-order valence-corrected chi connectivity index (χ4v) is 4.53. The minimum Gasteiger partial charge on any atom is -0.503 e. The molecule has 4 rings (SSSR count). The lowest BCUT2D eigenvalue weighted by atomic mass is 9.95. The molecule has 3 aromatic carbocycles. The Morgan fingerprint density at radius 1 is 0.974 bits per heavy atom. The van der Waals surface area contributed by atoms with Crippen LogP contribution in [0.1, 0.15) is 48.9 Å². The summed E-state index contributed by atoms with van der Waals surface area (Å²) in [5.74, 6) is -0.457. The summed E-state index contributed by atoms with van der Waals surface area (Å²) in [4.78, 5) is 28.3. The van der Waals surface area contributed by atoms with Gasteiger partial charge in [-0.3, -0.25) is 9.59 Å². The van der Waals surface area contributed by atoms with Gasteiger partial charge in [-0.05, 0) is 41.3 Å². The van der Waals surface area contributed by atoms with Crippen LogP contribution < -0.4 is 9.47 Å². The highest BCUT2D eigenvalue weighted by Crippen LogP contribution is 2.41. The predicted molar refractivity (Wildman–Crippen MR) is 148 cm³/mol. The van der Waals surface area contributed by atoms with E-state index in [1.165, 1.54) is 11.0 Å². The molecule has 0 saturated heterocycles. The zero-order valence-corrected chi connectivity index (χ0v) is 21.8. The summed E-state index contributed by atoms with van der Waals surface area (Å²) in [5, 5.41) is 10.9. The molecule has 1 amide bonds. The first-order valence-corrected chi connectivity index (χ1v) is 12.9. The molecular formula is C32H33NO5. The number of aliphatic hydroxyl groups is 1. The number of amides is 1.